The molecule has 0 saturated carbocycles. The molecule has 3 aromatic rings. The van der Waals surface area contributed by atoms with E-state index in [2.05, 4.69) is 60.7 Å². The van der Waals surface area contributed by atoms with Crippen LogP contribution in [0.1, 0.15) is 11.1 Å². The maximum absolute atomic E-state index is 6.17. The van der Waals surface area contributed by atoms with Crippen LogP contribution in [0.5, 0.6) is 0 Å². The second-order valence-electron chi connectivity index (χ2n) is 5.13. The molecule has 0 saturated heterocycles. The highest BCUT2D eigenvalue weighted by Crippen LogP contribution is 2.37. The van der Waals surface area contributed by atoms with Crippen molar-refractivity contribution in [2.75, 3.05) is 0 Å². The van der Waals surface area contributed by atoms with E-state index in [1.54, 1.807) is 0 Å². The number of hydrogen-bond acceptors (Lipinski definition) is 0. The average molecular weight is 327 g/mol. The first-order chi connectivity index (χ1) is 10.8. The van der Waals surface area contributed by atoms with Gasteiger partial charge in [-0.15, -0.1) is 23.2 Å². The third-order valence-electron chi connectivity index (χ3n) is 3.81. The number of alkyl halides is 2. The Hall–Kier alpha value is -1.76. The Morgan fingerprint density at radius 3 is 1.68 bits per heavy atom. The summed E-state index contributed by atoms with van der Waals surface area (Å²) in [7, 11) is 0. The highest BCUT2D eigenvalue weighted by Gasteiger charge is 2.13. The van der Waals surface area contributed by atoms with E-state index < -0.39 is 0 Å². The van der Waals surface area contributed by atoms with Crippen LogP contribution in [0.3, 0.4) is 0 Å². The van der Waals surface area contributed by atoms with E-state index in [9.17, 15) is 0 Å². The molecular weight excluding hydrogens is 311 g/mol. The predicted octanol–water partition coefficient (Wildman–Crippen LogP) is 6.50. The standard InChI is InChI=1S/C20H16Cl2/c21-13-16-9-6-10-17(14-22)20(16)19-12-5-4-11-18(19)15-7-2-1-3-8-15/h1-12H,13-14H2. The van der Waals surface area contributed by atoms with Crippen molar-refractivity contribution < 1.29 is 0 Å². The molecule has 0 N–H and O–H groups in total. The molecule has 0 unspecified atom stereocenters. The first-order valence-corrected chi connectivity index (χ1v) is 8.29. The van der Waals surface area contributed by atoms with Crippen LogP contribution in [0.25, 0.3) is 22.3 Å². The van der Waals surface area contributed by atoms with Gasteiger partial charge in [0.15, 0.2) is 0 Å². The van der Waals surface area contributed by atoms with Crippen LogP contribution in [0.4, 0.5) is 0 Å². The maximum atomic E-state index is 6.17. The van der Waals surface area contributed by atoms with Gasteiger partial charge in [0.2, 0.25) is 0 Å². The van der Waals surface area contributed by atoms with Crippen LogP contribution in [-0.4, -0.2) is 0 Å². The highest BCUT2D eigenvalue weighted by atomic mass is 35.5. The quantitative estimate of drug-likeness (QED) is 0.480. The first-order valence-electron chi connectivity index (χ1n) is 7.22. The maximum Gasteiger partial charge on any atom is 0.0480 e. The van der Waals surface area contributed by atoms with Gasteiger partial charge < -0.3 is 0 Å². The molecular formula is C20H16Cl2. The minimum atomic E-state index is 0.475. The molecule has 0 aliphatic heterocycles. The van der Waals surface area contributed by atoms with E-state index in [1.807, 2.05) is 12.1 Å². The Labute approximate surface area is 141 Å². The monoisotopic (exact) mass is 326 g/mol. The number of benzene rings is 3. The Kier molecular flexibility index (Phi) is 4.82. The zero-order valence-corrected chi connectivity index (χ0v) is 13.6. The molecule has 0 spiro atoms. The molecule has 110 valence electrons. The molecule has 0 radical (unpaired) electrons. The summed E-state index contributed by atoms with van der Waals surface area (Å²) in [6, 6.07) is 25.0. The average Bonchev–Trinajstić information content (AvgIpc) is 2.61. The largest absolute Gasteiger partial charge is 0.122 e. The molecule has 0 amide bonds. The van der Waals surface area contributed by atoms with Crippen molar-refractivity contribution in [3.8, 4) is 22.3 Å². The molecule has 0 aromatic heterocycles. The van der Waals surface area contributed by atoms with Crippen LogP contribution in [0.2, 0.25) is 0 Å². The fourth-order valence-electron chi connectivity index (χ4n) is 2.79. The van der Waals surface area contributed by atoms with E-state index in [-0.39, 0.29) is 0 Å². The van der Waals surface area contributed by atoms with Gasteiger partial charge in [0.1, 0.15) is 0 Å². The minimum Gasteiger partial charge on any atom is -0.122 e. The van der Waals surface area contributed by atoms with Gasteiger partial charge in [0.05, 0.1) is 0 Å². The first kappa shape index (κ1) is 15.1. The Bertz CT molecular complexity index is 741. The van der Waals surface area contributed by atoms with E-state index in [1.165, 1.54) is 16.7 Å². The fraction of sp³-hybridized carbons (Fsp3) is 0.100. The van der Waals surface area contributed by atoms with Gasteiger partial charge in [-0.3, -0.25) is 0 Å². The smallest absolute Gasteiger partial charge is 0.0480 e. The molecule has 2 heteroatoms. The summed E-state index contributed by atoms with van der Waals surface area (Å²) in [5, 5.41) is 0. The van der Waals surface area contributed by atoms with Gasteiger partial charge in [-0.25, -0.2) is 0 Å². The fourth-order valence-corrected chi connectivity index (χ4v) is 3.24. The molecule has 0 aliphatic carbocycles. The number of hydrogen-bond donors (Lipinski definition) is 0. The van der Waals surface area contributed by atoms with E-state index in [0.717, 1.165) is 16.7 Å². The molecule has 3 aromatic carbocycles. The predicted molar refractivity (Wildman–Crippen MR) is 96.4 cm³/mol. The van der Waals surface area contributed by atoms with Crippen molar-refractivity contribution in [3.05, 3.63) is 83.9 Å². The summed E-state index contributed by atoms with van der Waals surface area (Å²) in [6.45, 7) is 0. The van der Waals surface area contributed by atoms with Gasteiger partial charge in [-0.05, 0) is 33.4 Å². The lowest BCUT2D eigenvalue weighted by Gasteiger charge is -2.16. The van der Waals surface area contributed by atoms with Crippen LogP contribution >= 0.6 is 23.2 Å². The molecule has 3 rings (SSSR count). The van der Waals surface area contributed by atoms with E-state index in [4.69, 9.17) is 23.2 Å². The summed E-state index contributed by atoms with van der Waals surface area (Å²) in [5.41, 5.74) is 6.97. The Morgan fingerprint density at radius 2 is 1.09 bits per heavy atom. The van der Waals surface area contributed by atoms with Gasteiger partial charge in [0, 0.05) is 11.8 Å². The lowest BCUT2D eigenvalue weighted by atomic mass is 9.89. The van der Waals surface area contributed by atoms with Crippen molar-refractivity contribution in [1.29, 1.82) is 0 Å². The van der Waals surface area contributed by atoms with Gasteiger partial charge in [-0.2, -0.15) is 0 Å². The SMILES string of the molecule is ClCc1cccc(CCl)c1-c1ccccc1-c1ccccc1. The lowest BCUT2D eigenvalue weighted by molar-refractivity contribution is 1.32. The zero-order valence-electron chi connectivity index (χ0n) is 12.1. The van der Waals surface area contributed by atoms with Crippen LogP contribution in [0.15, 0.2) is 72.8 Å². The molecule has 22 heavy (non-hydrogen) atoms. The van der Waals surface area contributed by atoms with Gasteiger partial charge >= 0.3 is 0 Å². The normalized spacial score (nSPS) is 10.6. The van der Waals surface area contributed by atoms with Gasteiger partial charge in [-0.1, -0.05) is 72.8 Å². The second kappa shape index (κ2) is 7.00. The van der Waals surface area contributed by atoms with Crippen molar-refractivity contribution in [2.24, 2.45) is 0 Å². The third kappa shape index (κ3) is 2.90. The van der Waals surface area contributed by atoms with E-state index >= 15 is 0 Å². The Morgan fingerprint density at radius 1 is 0.545 bits per heavy atom. The van der Waals surface area contributed by atoms with Crippen molar-refractivity contribution in [3.63, 3.8) is 0 Å². The summed E-state index contributed by atoms with van der Waals surface area (Å²) in [6.07, 6.45) is 0. The highest BCUT2D eigenvalue weighted by molar-refractivity contribution is 6.18. The molecule has 0 bridgehead atoms. The third-order valence-corrected chi connectivity index (χ3v) is 4.38. The summed E-state index contributed by atoms with van der Waals surface area (Å²) in [4.78, 5) is 0. The molecule has 0 heterocycles. The topological polar surface area (TPSA) is 0 Å². The van der Waals surface area contributed by atoms with Crippen molar-refractivity contribution in [2.45, 2.75) is 11.8 Å². The van der Waals surface area contributed by atoms with Crippen LogP contribution in [-0.2, 0) is 11.8 Å². The summed E-state index contributed by atoms with van der Waals surface area (Å²) >= 11 is 12.3. The van der Waals surface area contributed by atoms with Crippen molar-refractivity contribution in [1.82, 2.24) is 0 Å². The number of rotatable bonds is 4. The molecule has 0 fully saturated rings. The van der Waals surface area contributed by atoms with Gasteiger partial charge in [0.25, 0.3) is 0 Å². The molecule has 0 aliphatic rings. The second-order valence-corrected chi connectivity index (χ2v) is 5.66. The lowest BCUT2D eigenvalue weighted by Crippen LogP contribution is -1.95. The minimum absolute atomic E-state index is 0.475. The summed E-state index contributed by atoms with van der Waals surface area (Å²) in [5.74, 6) is 0.951. The Balaban J connectivity index is 2.27. The molecule has 0 nitrogen and oxygen atoms in total. The zero-order chi connectivity index (χ0) is 15.4. The van der Waals surface area contributed by atoms with Crippen molar-refractivity contribution >= 4 is 23.2 Å². The molecule has 0 atom stereocenters. The van der Waals surface area contributed by atoms with Crippen LogP contribution in [0, 0.1) is 0 Å². The van der Waals surface area contributed by atoms with Crippen LogP contribution < -0.4 is 0 Å². The summed E-state index contributed by atoms with van der Waals surface area (Å²) < 4.78 is 0. The van der Waals surface area contributed by atoms with E-state index in [0.29, 0.717) is 11.8 Å². The number of halogens is 2.